The minimum Gasteiger partial charge on any atom is -0.462 e. The van der Waals surface area contributed by atoms with Crippen LogP contribution in [0.3, 0.4) is 0 Å². The monoisotopic (exact) mass is 404 g/mol. The molecule has 6 heteroatoms. The Morgan fingerprint density at radius 3 is 2.71 bits per heavy atom. The summed E-state index contributed by atoms with van der Waals surface area (Å²) in [6.07, 6.45) is 1.53. The van der Waals surface area contributed by atoms with Crippen molar-refractivity contribution in [3.05, 3.63) is 63.7 Å². The third kappa shape index (κ3) is 3.52. The number of aromatic nitrogens is 1. The number of pyridine rings is 1. The first-order chi connectivity index (χ1) is 11.6. The largest absolute Gasteiger partial charge is 0.462 e. The fourth-order valence-electron chi connectivity index (χ4n) is 2.34. The number of hydrogen-bond donors (Lipinski definition) is 1. The van der Waals surface area contributed by atoms with E-state index in [1.807, 2.05) is 30.3 Å². The van der Waals surface area contributed by atoms with Crippen molar-refractivity contribution in [2.24, 2.45) is 0 Å². The smallest absolute Gasteiger partial charge is 0.341 e. The number of nitrogens with zero attached hydrogens (tertiary/aromatic N) is 1. The number of halogens is 2. The molecule has 0 saturated heterocycles. The molecule has 0 aliphatic carbocycles. The second-order valence-electron chi connectivity index (χ2n) is 5.06. The van der Waals surface area contributed by atoms with Crippen molar-refractivity contribution in [1.29, 1.82) is 0 Å². The number of fused-ring (bicyclic) bond motifs is 1. The number of nitrogens with one attached hydrogen (secondary N) is 1. The maximum atomic E-state index is 12.3. The number of benzene rings is 2. The molecule has 0 bridgehead atoms. The topological polar surface area (TPSA) is 51.2 Å². The molecule has 0 aliphatic heterocycles. The number of carbonyl (C=O) groups excluding carboxylic acids is 1. The van der Waals surface area contributed by atoms with Crippen LogP contribution in [0.5, 0.6) is 0 Å². The molecular weight excluding hydrogens is 392 g/mol. The number of ether oxygens (including phenoxy) is 1. The van der Waals surface area contributed by atoms with E-state index in [0.717, 1.165) is 21.1 Å². The zero-order valence-corrected chi connectivity index (χ0v) is 15.2. The Morgan fingerprint density at radius 2 is 2.00 bits per heavy atom. The highest BCUT2D eigenvalue weighted by atomic mass is 79.9. The van der Waals surface area contributed by atoms with E-state index in [0.29, 0.717) is 22.9 Å². The average Bonchev–Trinajstić information content (AvgIpc) is 2.57. The molecule has 3 rings (SSSR count). The highest BCUT2D eigenvalue weighted by Crippen LogP contribution is 2.32. The summed E-state index contributed by atoms with van der Waals surface area (Å²) in [7, 11) is 0. The SMILES string of the molecule is CCOC(=O)c1cnc2ccc(Br)cc2c1Nc1ccc(Cl)cc1. The van der Waals surface area contributed by atoms with E-state index < -0.39 is 5.97 Å². The molecular formula is C18H14BrClN2O2. The molecule has 0 spiro atoms. The summed E-state index contributed by atoms with van der Waals surface area (Å²) < 4.78 is 6.05. The summed E-state index contributed by atoms with van der Waals surface area (Å²) in [6.45, 7) is 2.07. The Morgan fingerprint density at radius 1 is 1.25 bits per heavy atom. The molecule has 1 aromatic heterocycles. The molecule has 0 aliphatic rings. The van der Waals surface area contributed by atoms with Crippen LogP contribution in [0.25, 0.3) is 10.9 Å². The second kappa shape index (κ2) is 7.20. The quantitative estimate of drug-likeness (QED) is 0.576. The van der Waals surface area contributed by atoms with E-state index in [1.54, 1.807) is 19.1 Å². The molecule has 0 radical (unpaired) electrons. The molecule has 0 saturated carbocycles. The summed E-state index contributed by atoms with van der Waals surface area (Å²) in [4.78, 5) is 16.7. The number of esters is 1. The lowest BCUT2D eigenvalue weighted by atomic mass is 10.1. The molecule has 0 unspecified atom stereocenters. The fourth-order valence-corrected chi connectivity index (χ4v) is 2.83. The van der Waals surface area contributed by atoms with Crippen molar-refractivity contribution >= 4 is 55.8 Å². The molecule has 2 aromatic carbocycles. The van der Waals surface area contributed by atoms with E-state index in [1.165, 1.54) is 6.20 Å². The van der Waals surface area contributed by atoms with Crippen molar-refractivity contribution in [3.8, 4) is 0 Å². The van der Waals surface area contributed by atoms with Gasteiger partial charge in [-0.05, 0) is 49.4 Å². The van der Waals surface area contributed by atoms with Crippen LogP contribution in [0, 0.1) is 0 Å². The number of hydrogen-bond acceptors (Lipinski definition) is 4. The van der Waals surface area contributed by atoms with Gasteiger partial charge in [-0.1, -0.05) is 27.5 Å². The lowest BCUT2D eigenvalue weighted by Gasteiger charge is -2.14. The van der Waals surface area contributed by atoms with Crippen molar-refractivity contribution in [2.75, 3.05) is 11.9 Å². The van der Waals surface area contributed by atoms with Gasteiger partial charge in [0.25, 0.3) is 0 Å². The van der Waals surface area contributed by atoms with Crippen molar-refractivity contribution < 1.29 is 9.53 Å². The number of anilines is 2. The van der Waals surface area contributed by atoms with Gasteiger partial charge in [-0.3, -0.25) is 4.98 Å². The number of rotatable bonds is 4. The van der Waals surface area contributed by atoms with Crippen LogP contribution in [0.4, 0.5) is 11.4 Å². The first-order valence-electron chi connectivity index (χ1n) is 7.36. The minimum absolute atomic E-state index is 0.301. The van der Waals surface area contributed by atoms with Gasteiger partial charge in [0.15, 0.2) is 0 Å². The predicted octanol–water partition coefficient (Wildman–Crippen LogP) is 5.57. The van der Waals surface area contributed by atoms with E-state index in [4.69, 9.17) is 16.3 Å². The molecule has 0 amide bonds. The molecule has 1 heterocycles. The molecule has 1 N–H and O–H groups in total. The van der Waals surface area contributed by atoms with Crippen molar-refractivity contribution in [1.82, 2.24) is 4.98 Å². The van der Waals surface area contributed by atoms with Gasteiger partial charge in [0.2, 0.25) is 0 Å². The lowest BCUT2D eigenvalue weighted by molar-refractivity contribution is 0.0527. The molecule has 24 heavy (non-hydrogen) atoms. The fraction of sp³-hybridized carbons (Fsp3) is 0.111. The van der Waals surface area contributed by atoms with Gasteiger partial charge < -0.3 is 10.1 Å². The van der Waals surface area contributed by atoms with Crippen LogP contribution in [-0.2, 0) is 4.74 Å². The van der Waals surface area contributed by atoms with Gasteiger partial charge in [-0.15, -0.1) is 0 Å². The average molecular weight is 406 g/mol. The van der Waals surface area contributed by atoms with Gasteiger partial charge in [-0.25, -0.2) is 4.79 Å². The lowest BCUT2D eigenvalue weighted by Crippen LogP contribution is -2.09. The number of carbonyl (C=O) groups is 1. The molecule has 4 nitrogen and oxygen atoms in total. The van der Waals surface area contributed by atoms with E-state index in [-0.39, 0.29) is 0 Å². The Hall–Kier alpha value is -2.11. The normalized spacial score (nSPS) is 10.6. The summed E-state index contributed by atoms with van der Waals surface area (Å²) in [5, 5.41) is 4.76. The van der Waals surface area contributed by atoms with Gasteiger partial charge >= 0.3 is 5.97 Å². The van der Waals surface area contributed by atoms with E-state index >= 15 is 0 Å². The van der Waals surface area contributed by atoms with Crippen LogP contribution in [0.1, 0.15) is 17.3 Å². The first kappa shape index (κ1) is 16.7. The zero-order chi connectivity index (χ0) is 17.1. The van der Waals surface area contributed by atoms with Crippen molar-refractivity contribution in [2.45, 2.75) is 6.92 Å². The molecule has 122 valence electrons. The molecule has 3 aromatic rings. The molecule has 0 atom stereocenters. The van der Waals surface area contributed by atoms with Crippen molar-refractivity contribution in [3.63, 3.8) is 0 Å². The predicted molar refractivity (Wildman–Crippen MR) is 100 cm³/mol. The van der Waals surface area contributed by atoms with Crippen LogP contribution in [-0.4, -0.2) is 17.6 Å². The van der Waals surface area contributed by atoms with Gasteiger partial charge in [0.1, 0.15) is 5.56 Å². The standard InChI is InChI=1S/C18H14BrClN2O2/c1-2-24-18(23)15-10-21-16-8-3-11(19)9-14(16)17(15)22-13-6-4-12(20)5-7-13/h3-10H,2H2,1H3,(H,21,22). The molecule has 0 fully saturated rings. The van der Waals surface area contributed by atoms with Gasteiger partial charge in [0, 0.05) is 26.8 Å². The van der Waals surface area contributed by atoms with E-state index in [9.17, 15) is 4.79 Å². The summed E-state index contributed by atoms with van der Waals surface area (Å²) >= 11 is 9.40. The second-order valence-corrected chi connectivity index (χ2v) is 6.41. The van der Waals surface area contributed by atoms with Crippen LogP contribution < -0.4 is 5.32 Å². The van der Waals surface area contributed by atoms with E-state index in [2.05, 4.69) is 26.2 Å². The Balaban J connectivity index is 2.16. The summed E-state index contributed by atoms with van der Waals surface area (Å²) in [5.74, 6) is -0.414. The maximum Gasteiger partial charge on any atom is 0.341 e. The Labute approximate surface area is 152 Å². The maximum absolute atomic E-state index is 12.3. The van der Waals surface area contributed by atoms with Crippen LogP contribution in [0.2, 0.25) is 5.02 Å². The van der Waals surface area contributed by atoms with Crippen LogP contribution >= 0.6 is 27.5 Å². The minimum atomic E-state index is -0.414. The zero-order valence-electron chi connectivity index (χ0n) is 12.8. The first-order valence-corrected chi connectivity index (χ1v) is 8.53. The summed E-state index contributed by atoms with van der Waals surface area (Å²) in [5.41, 5.74) is 2.64. The Kier molecular flexibility index (Phi) is 5.02. The third-order valence-corrected chi connectivity index (χ3v) is 4.18. The Bertz CT molecular complexity index is 897. The summed E-state index contributed by atoms with van der Waals surface area (Å²) in [6, 6.07) is 13.0. The highest BCUT2D eigenvalue weighted by Gasteiger charge is 2.17. The van der Waals surface area contributed by atoms with Crippen LogP contribution in [0.15, 0.2) is 53.1 Å². The third-order valence-electron chi connectivity index (χ3n) is 3.44. The van der Waals surface area contributed by atoms with Gasteiger partial charge in [-0.2, -0.15) is 0 Å². The highest BCUT2D eigenvalue weighted by molar-refractivity contribution is 9.10. The van der Waals surface area contributed by atoms with Gasteiger partial charge in [0.05, 0.1) is 17.8 Å².